The summed E-state index contributed by atoms with van der Waals surface area (Å²) < 4.78 is 5.06. The van der Waals surface area contributed by atoms with Crippen LogP contribution in [0.1, 0.15) is 19.3 Å². The highest BCUT2D eigenvalue weighted by atomic mass is 32.2. The van der Waals surface area contributed by atoms with E-state index in [2.05, 4.69) is 5.75 Å². The van der Waals surface area contributed by atoms with E-state index in [1.807, 2.05) is 0 Å². The van der Waals surface area contributed by atoms with Crippen molar-refractivity contribution in [2.24, 2.45) is 0 Å². The van der Waals surface area contributed by atoms with Crippen LogP contribution in [0.3, 0.4) is 0 Å². The Kier molecular flexibility index (Phi) is 2.59. The van der Waals surface area contributed by atoms with Crippen molar-refractivity contribution in [2.75, 3.05) is 6.61 Å². The van der Waals surface area contributed by atoms with Crippen molar-refractivity contribution in [1.29, 1.82) is 0 Å². The smallest absolute Gasteiger partial charge is 0.0614 e. The summed E-state index contributed by atoms with van der Waals surface area (Å²) in [6.45, 7) is 0.932. The van der Waals surface area contributed by atoms with Gasteiger partial charge in [0, 0.05) is 5.75 Å². The fourth-order valence-corrected chi connectivity index (χ4v) is 1.11. The fourth-order valence-electron chi connectivity index (χ4n) is 0.533. The van der Waals surface area contributed by atoms with Crippen LogP contribution < -0.4 is 0 Å². The lowest BCUT2D eigenvalue weighted by atomic mass is 10.3. The molecule has 41 valence electrons. The van der Waals surface area contributed by atoms with Crippen molar-refractivity contribution in [3.8, 4) is 0 Å². The summed E-state index contributed by atoms with van der Waals surface area (Å²) in [6, 6.07) is 0. The van der Waals surface area contributed by atoms with Crippen LogP contribution in [0.2, 0.25) is 0 Å². The largest absolute Gasteiger partial charge is 0.315 e. The van der Waals surface area contributed by atoms with E-state index in [1.165, 1.54) is 31.3 Å². The number of rotatable bonds is 0. The molecule has 0 N–H and O–H groups in total. The SMILES string of the molecule is [CH]1CCCCOS1. The molecule has 0 aliphatic carbocycles. The quantitative estimate of drug-likeness (QED) is 0.449. The maximum absolute atomic E-state index is 5.06. The van der Waals surface area contributed by atoms with Crippen LogP contribution in [0.25, 0.3) is 0 Å². The molecule has 1 nitrogen and oxygen atoms in total. The maximum atomic E-state index is 5.06. The summed E-state index contributed by atoms with van der Waals surface area (Å²) in [7, 11) is 0. The lowest BCUT2D eigenvalue weighted by Crippen LogP contribution is -1.79. The van der Waals surface area contributed by atoms with Gasteiger partial charge in [0.05, 0.1) is 6.61 Å². The van der Waals surface area contributed by atoms with Gasteiger partial charge in [-0.2, -0.15) is 0 Å². The van der Waals surface area contributed by atoms with Crippen LogP contribution in [0, 0.1) is 5.75 Å². The Bertz CT molecular complexity index is 27.7. The zero-order chi connectivity index (χ0) is 4.95. The lowest BCUT2D eigenvalue weighted by Gasteiger charge is -1.89. The minimum absolute atomic E-state index is 0.932. The molecule has 0 spiro atoms. The van der Waals surface area contributed by atoms with Gasteiger partial charge in [0.25, 0.3) is 0 Å². The monoisotopic (exact) mass is 117 g/mol. The van der Waals surface area contributed by atoms with Gasteiger partial charge in [-0.15, -0.1) is 0 Å². The van der Waals surface area contributed by atoms with Crippen LogP contribution >= 0.6 is 12.0 Å². The van der Waals surface area contributed by atoms with E-state index in [4.69, 9.17) is 4.18 Å². The van der Waals surface area contributed by atoms with E-state index >= 15 is 0 Å². The van der Waals surface area contributed by atoms with Crippen molar-refractivity contribution in [2.45, 2.75) is 19.3 Å². The van der Waals surface area contributed by atoms with E-state index in [1.54, 1.807) is 0 Å². The summed E-state index contributed by atoms with van der Waals surface area (Å²) in [5, 5.41) is 0. The van der Waals surface area contributed by atoms with Crippen LogP contribution in [0.5, 0.6) is 0 Å². The van der Waals surface area contributed by atoms with Gasteiger partial charge in [-0.05, 0) is 31.3 Å². The Morgan fingerprint density at radius 3 is 3.43 bits per heavy atom. The van der Waals surface area contributed by atoms with Crippen LogP contribution in [-0.4, -0.2) is 6.61 Å². The van der Waals surface area contributed by atoms with Crippen molar-refractivity contribution >= 4 is 12.0 Å². The third-order valence-corrected chi connectivity index (χ3v) is 1.61. The van der Waals surface area contributed by atoms with Crippen LogP contribution in [0.4, 0.5) is 0 Å². The second kappa shape index (κ2) is 3.33. The van der Waals surface area contributed by atoms with Gasteiger partial charge >= 0.3 is 0 Å². The topological polar surface area (TPSA) is 9.23 Å². The van der Waals surface area contributed by atoms with Crippen LogP contribution in [-0.2, 0) is 4.18 Å². The molecule has 0 saturated carbocycles. The van der Waals surface area contributed by atoms with Gasteiger partial charge in [-0.3, -0.25) is 0 Å². The molecule has 1 saturated heterocycles. The Balaban J connectivity index is 2.04. The minimum atomic E-state index is 0.932. The fraction of sp³-hybridized carbons (Fsp3) is 0.800. The molecule has 0 aromatic heterocycles. The Morgan fingerprint density at radius 2 is 2.43 bits per heavy atom. The molecule has 1 heterocycles. The molecule has 1 aliphatic heterocycles. The average Bonchev–Trinajstić information content (AvgIpc) is 1.90. The van der Waals surface area contributed by atoms with E-state index in [0.29, 0.717) is 0 Å². The highest BCUT2D eigenvalue weighted by molar-refractivity contribution is 7.96. The lowest BCUT2D eigenvalue weighted by molar-refractivity contribution is 0.369. The molecular weight excluding hydrogens is 108 g/mol. The van der Waals surface area contributed by atoms with Gasteiger partial charge < -0.3 is 4.18 Å². The molecule has 0 unspecified atom stereocenters. The molecule has 0 bridgehead atoms. The predicted molar refractivity (Wildman–Crippen MR) is 31.7 cm³/mol. The highest BCUT2D eigenvalue weighted by Gasteiger charge is 1.96. The Morgan fingerprint density at radius 1 is 1.43 bits per heavy atom. The number of hydrogen-bond donors (Lipinski definition) is 0. The van der Waals surface area contributed by atoms with E-state index < -0.39 is 0 Å². The van der Waals surface area contributed by atoms with Crippen molar-refractivity contribution in [3.63, 3.8) is 0 Å². The summed E-state index contributed by atoms with van der Waals surface area (Å²) in [5.41, 5.74) is 0. The van der Waals surface area contributed by atoms with Gasteiger partial charge in [0.15, 0.2) is 0 Å². The molecule has 0 amide bonds. The third kappa shape index (κ3) is 2.19. The first-order valence-electron chi connectivity index (χ1n) is 2.60. The molecule has 1 radical (unpaired) electrons. The summed E-state index contributed by atoms with van der Waals surface area (Å²) in [6.07, 6.45) is 3.74. The van der Waals surface area contributed by atoms with Gasteiger partial charge in [0.2, 0.25) is 0 Å². The standard InChI is InChI=1S/C5H9OS/c1-2-4-6-7-5-3-1/h5H,1-4H2. The zero-order valence-corrected chi connectivity index (χ0v) is 5.04. The molecule has 0 aromatic carbocycles. The third-order valence-electron chi connectivity index (χ3n) is 0.936. The predicted octanol–water partition coefficient (Wildman–Crippen LogP) is 2.00. The first-order valence-corrected chi connectivity index (χ1v) is 3.40. The molecule has 1 rings (SSSR count). The summed E-state index contributed by atoms with van der Waals surface area (Å²) in [4.78, 5) is 0. The molecule has 1 aliphatic rings. The average molecular weight is 117 g/mol. The Hall–Kier alpha value is 0.310. The van der Waals surface area contributed by atoms with E-state index in [9.17, 15) is 0 Å². The molecule has 0 atom stereocenters. The minimum Gasteiger partial charge on any atom is -0.315 e. The van der Waals surface area contributed by atoms with Crippen LogP contribution in [0.15, 0.2) is 0 Å². The number of hydrogen-bond acceptors (Lipinski definition) is 2. The van der Waals surface area contributed by atoms with Gasteiger partial charge in [-0.1, -0.05) is 0 Å². The highest BCUT2D eigenvalue weighted by Crippen LogP contribution is 2.17. The maximum Gasteiger partial charge on any atom is 0.0614 e. The zero-order valence-electron chi connectivity index (χ0n) is 4.22. The normalized spacial score (nSPS) is 24.0. The molecule has 7 heavy (non-hydrogen) atoms. The first-order chi connectivity index (χ1) is 3.50. The van der Waals surface area contributed by atoms with Crippen molar-refractivity contribution < 1.29 is 4.18 Å². The second-order valence-corrected chi connectivity index (χ2v) is 2.34. The molecule has 0 aromatic rings. The van der Waals surface area contributed by atoms with E-state index in [-0.39, 0.29) is 0 Å². The molecule has 1 fully saturated rings. The van der Waals surface area contributed by atoms with Gasteiger partial charge in [-0.25, -0.2) is 0 Å². The first kappa shape index (κ1) is 5.45. The van der Waals surface area contributed by atoms with Gasteiger partial charge in [0.1, 0.15) is 0 Å². The molecular formula is C5H9OS. The molecule has 2 heteroatoms. The Labute approximate surface area is 48.6 Å². The van der Waals surface area contributed by atoms with Crippen molar-refractivity contribution in [3.05, 3.63) is 5.75 Å². The van der Waals surface area contributed by atoms with E-state index in [0.717, 1.165) is 6.61 Å². The summed E-state index contributed by atoms with van der Waals surface area (Å²) in [5.74, 6) is 2.12. The second-order valence-electron chi connectivity index (χ2n) is 1.58. The summed E-state index contributed by atoms with van der Waals surface area (Å²) >= 11 is 1.49. The van der Waals surface area contributed by atoms with Crippen molar-refractivity contribution in [1.82, 2.24) is 0 Å².